The van der Waals surface area contributed by atoms with Gasteiger partial charge in [-0.3, -0.25) is 4.90 Å². The van der Waals surface area contributed by atoms with E-state index in [1.807, 2.05) is 0 Å². The fourth-order valence-corrected chi connectivity index (χ4v) is 2.66. The van der Waals surface area contributed by atoms with Gasteiger partial charge in [-0.1, -0.05) is 6.92 Å². The molecule has 1 fully saturated rings. The zero-order valence-corrected chi connectivity index (χ0v) is 11.9. The smallest absolute Gasteiger partial charge is 0.0611 e. The van der Waals surface area contributed by atoms with Crippen LogP contribution in [0.15, 0.2) is 0 Å². The third-order valence-corrected chi connectivity index (χ3v) is 3.86. The van der Waals surface area contributed by atoms with Crippen LogP contribution < -0.4 is 5.32 Å². The molecule has 0 aromatic carbocycles. The van der Waals surface area contributed by atoms with Crippen LogP contribution >= 0.6 is 0 Å². The summed E-state index contributed by atoms with van der Waals surface area (Å²) in [5, 5.41) is 12.9. The van der Waals surface area contributed by atoms with Gasteiger partial charge in [-0.15, -0.1) is 0 Å². The molecular weight excluding hydrogens is 214 g/mol. The summed E-state index contributed by atoms with van der Waals surface area (Å²) in [6.07, 6.45) is 1.00. The van der Waals surface area contributed by atoms with Crippen LogP contribution in [0.25, 0.3) is 0 Å². The van der Waals surface area contributed by atoms with Gasteiger partial charge in [0.2, 0.25) is 0 Å². The zero-order valence-electron chi connectivity index (χ0n) is 11.9. The lowest BCUT2D eigenvalue weighted by Crippen LogP contribution is -2.54. The van der Waals surface area contributed by atoms with E-state index in [1.54, 1.807) is 0 Å². The van der Waals surface area contributed by atoms with Gasteiger partial charge in [-0.05, 0) is 33.9 Å². The first-order valence-corrected chi connectivity index (χ1v) is 6.79. The summed E-state index contributed by atoms with van der Waals surface area (Å²) in [5.74, 6) is 0. The van der Waals surface area contributed by atoms with Gasteiger partial charge in [0.1, 0.15) is 0 Å². The predicted molar refractivity (Wildman–Crippen MR) is 72.3 cm³/mol. The van der Waals surface area contributed by atoms with E-state index < -0.39 is 0 Å². The van der Waals surface area contributed by atoms with Gasteiger partial charge in [0.25, 0.3) is 0 Å². The average Bonchev–Trinajstić information content (AvgIpc) is 2.30. The Kier molecular flexibility index (Phi) is 5.86. The Balaban J connectivity index is 2.44. The molecule has 0 aromatic heterocycles. The zero-order chi connectivity index (χ0) is 12.9. The molecule has 0 amide bonds. The highest BCUT2D eigenvalue weighted by molar-refractivity contribution is 4.88. The Morgan fingerprint density at radius 3 is 2.35 bits per heavy atom. The van der Waals surface area contributed by atoms with Crippen molar-refractivity contribution >= 4 is 0 Å². The summed E-state index contributed by atoms with van der Waals surface area (Å²) in [4.78, 5) is 4.91. The first-order chi connectivity index (χ1) is 8.00. The normalized spacial score (nSPS) is 24.5. The van der Waals surface area contributed by atoms with E-state index in [9.17, 15) is 5.11 Å². The van der Waals surface area contributed by atoms with Crippen molar-refractivity contribution in [3.8, 4) is 0 Å². The highest BCUT2D eigenvalue weighted by atomic mass is 16.3. The Morgan fingerprint density at radius 1 is 1.29 bits per heavy atom. The van der Waals surface area contributed by atoms with Crippen LogP contribution in [0, 0.1) is 0 Å². The van der Waals surface area contributed by atoms with Gasteiger partial charge in [-0.25, -0.2) is 0 Å². The maximum atomic E-state index is 9.52. The molecular formula is C13H29N3O. The quantitative estimate of drug-likeness (QED) is 0.707. The lowest BCUT2D eigenvalue weighted by molar-refractivity contribution is 0.0809. The van der Waals surface area contributed by atoms with Crippen molar-refractivity contribution in [1.82, 2.24) is 15.1 Å². The molecule has 4 heteroatoms. The molecule has 0 bridgehead atoms. The molecule has 1 aliphatic rings. The van der Waals surface area contributed by atoms with E-state index >= 15 is 0 Å². The topological polar surface area (TPSA) is 38.7 Å². The molecule has 1 rings (SSSR count). The predicted octanol–water partition coefficient (Wildman–Crippen LogP) is 0.373. The van der Waals surface area contributed by atoms with Crippen LogP contribution in [-0.2, 0) is 0 Å². The van der Waals surface area contributed by atoms with Crippen LogP contribution in [0.1, 0.15) is 27.2 Å². The van der Waals surface area contributed by atoms with E-state index in [0.717, 1.165) is 39.1 Å². The van der Waals surface area contributed by atoms with E-state index in [-0.39, 0.29) is 12.1 Å². The number of rotatable bonds is 6. The Labute approximate surface area is 106 Å². The van der Waals surface area contributed by atoms with Crippen molar-refractivity contribution in [2.45, 2.75) is 38.8 Å². The molecule has 102 valence electrons. The monoisotopic (exact) mass is 243 g/mol. The fourth-order valence-electron chi connectivity index (χ4n) is 2.66. The minimum absolute atomic E-state index is 0.141. The van der Waals surface area contributed by atoms with Gasteiger partial charge >= 0.3 is 0 Å². The third-order valence-electron chi connectivity index (χ3n) is 3.86. The van der Waals surface area contributed by atoms with Gasteiger partial charge < -0.3 is 15.3 Å². The number of piperazine rings is 1. The number of aliphatic hydroxyl groups excluding tert-OH is 1. The van der Waals surface area contributed by atoms with Gasteiger partial charge in [0.15, 0.2) is 0 Å². The molecule has 0 saturated carbocycles. The molecule has 1 aliphatic heterocycles. The van der Waals surface area contributed by atoms with Crippen LogP contribution in [0.2, 0.25) is 0 Å². The molecule has 0 aliphatic carbocycles. The summed E-state index contributed by atoms with van der Waals surface area (Å²) in [6, 6.07) is 0.528. The highest BCUT2D eigenvalue weighted by Crippen LogP contribution is 2.17. The molecule has 1 saturated heterocycles. The Bertz CT molecular complexity index is 217. The number of nitrogens with zero attached hydrogens (tertiary/aromatic N) is 2. The number of hydrogen-bond acceptors (Lipinski definition) is 4. The van der Waals surface area contributed by atoms with E-state index in [2.05, 4.69) is 42.9 Å². The number of hydrogen-bond donors (Lipinski definition) is 2. The maximum absolute atomic E-state index is 9.52. The van der Waals surface area contributed by atoms with Gasteiger partial charge in [0.05, 0.1) is 6.61 Å². The molecule has 17 heavy (non-hydrogen) atoms. The van der Waals surface area contributed by atoms with Crippen molar-refractivity contribution in [2.75, 3.05) is 46.4 Å². The molecule has 0 aromatic rings. The van der Waals surface area contributed by atoms with Crippen molar-refractivity contribution in [1.29, 1.82) is 0 Å². The molecule has 0 spiro atoms. The average molecular weight is 243 g/mol. The standard InChI is InChI=1S/C13H29N3O/c1-5-14-13(3,11-17)10-12(2)16-8-6-15(4)7-9-16/h12,14,17H,5-11H2,1-4H3. The van der Waals surface area contributed by atoms with Crippen LogP contribution in [0.5, 0.6) is 0 Å². The second-order valence-corrected chi connectivity index (χ2v) is 5.64. The Hall–Kier alpha value is -0.160. The number of aliphatic hydroxyl groups is 1. The van der Waals surface area contributed by atoms with E-state index in [4.69, 9.17) is 0 Å². The largest absolute Gasteiger partial charge is 0.394 e. The number of likely N-dealkylation sites (N-methyl/N-ethyl adjacent to an activating group) is 2. The van der Waals surface area contributed by atoms with E-state index in [0.29, 0.717) is 6.04 Å². The van der Waals surface area contributed by atoms with Gasteiger partial charge in [0, 0.05) is 37.8 Å². The molecule has 4 nitrogen and oxygen atoms in total. The maximum Gasteiger partial charge on any atom is 0.0611 e. The summed E-state index contributed by atoms with van der Waals surface area (Å²) in [6.45, 7) is 12.2. The first kappa shape index (κ1) is 14.9. The summed E-state index contributed by atoms with van der Waals surface area (Å²) >= 11 is 0. The van der Waals surface area contributed by atoms with Crippen molar-refractivity contribution in [2.24, 2.45) is 0 Å². The summed E-state index contributed by atoms with van der Waals surface area (Å²) < 4.78 is 0. The minimum Gasteiger partial charge on any atom is -0.394 e. The molecule has 0 radical (unpaired) electrons. The number of nitrogens with one attached hydrogen (secondary N) is 1. The second kappa shape index (κ2) is 6.69. The summed E-state index contributed by atoms with van der Waals surface area (Å²) in [5.41, 5.74) is -0.141. The minimum atomic E-state index is -0.141. The van der Waals surface area contributed by atoms with E-state index in [1.165, 1.54) is 0 Å². The fraction of sp³-hybridized carbons (Fsp3) is 1.00. The first-order valence-electron chi connectivity index (χ1n) is 6.79. The van der Waals surface area contributed by atoms with Crippen molar-refractivity contribution in [3.63, 3.8) is 0 Å². The molecule has 2 N–H and O–H groups in total. The third kappa shape index (κ3) is 4.54. The second-order valence-electron chi connectivity index (χ2n) is 5.64. The molecule has 2 unspecified atom stereocenters. The van der Waals surface area contributed by atoms with Crippen LogP contribution in [-0.4, -0.2) is 72.9 Å². The summed E-state index contributed by atoms with van der Waals surface area (Å²) in [7, 11) is 2.18. The highest BCUT2D eigenvalue weighted by Gasteiger charge is 2.28. The van der Waals surface area contributed by atoms with Crippen LogP contribution in [0.4, 0.5) is 0 Å². The molecule has 2 atom stereocenters. The Morgan fingerprint density at radius 2 is 1.88 bits per heavy atom. The SMILES string of the molecule is CCNC(C)(CO)CC(C)N1CCN(C)CC1. The molecule has 1 heterocycles. The van der Waals surface area contributed by atoms with Crippen molar-refractivity contribution in [3.05, 3.63) is 0 Å². The van der Waals surface area contributed by atoms with Gasteiger partial charge in [-0.2, -0.15) is 0 Å². The lowest BCUT2D eigenvalue weighted by Gasteiger charge is -2.40. The van der Waals surface area contributed by atoms with Crippen LogP contribution in [0.3, 0.4) is 0 Å². The lowest BCUT2D eigenvalue weighted by atomic mass is 9.93. The van der Waals surface area contributed by atoms with Crippen molar-refractivity contribution < 1.29 is 5.11 Å².